The van der Waals surface area contributed by atoms with Crippen molar-refractivity contribution < 1.29 is 14.2 Å². The topological polar surface area (TPSA) is 53.2 Å². The zero-order valence-electron chi connectivity index (χ0n) is 8.72. The summed E-state index contributed by atoms with van der Waals surface area (Å²) < 4.78 is 18.3. The van der Waals surface area contributed by atoms with Gasteiger partial charge >= 0.3 is 0 Å². The Labute approximate surface area is 97.3 Å². The maximum atomic E-state index is 12.9. The molecule has 0 amide bonds. The Balaban J connectivity index is 2.34. The smallest absolute Gasteiger partial charge is 0.145 e. The van der Waals surface area contributed by atoms with E-state index in [2.05, 4.69) is 0 Å². The average Bonchev–Trinajstić information content (AvgIpc) is 2.31. The summed E-state index contributed by atoms with van der Waals surface area (Å²) in [4.78, 5) is 0. The summed E-state index contributed by atoms with van der Waals surface area (Å²) in [5, 5.41) is 18.1. The summed E-state index contributed by atoms with van der Waals surface area (Å²) in [6, 6.07) is 11.7. The Kier molecular flexibility index (Phi) is 2.93. The zero-order valence-corrected chi connectivity index (χ0v) is 8.72. The number of phenolic OH excluding ortho intramolecular Hbond substituents is 1. The number of halogens is 1. The molecule has 0 spiro atoms. The van der Waals surface area contributed by atoms with Gasteiger partial charge in [-0.15, -0.1) is 0 Å². The van der Waals surface area contributed by atoms with E-state index in [4.69, 9.17) is 10.00 Å². The third-order valence-corrected chi connectivity index (χ3v) is 2.11. The monoisotopic (exact) mass is 229 g/mol. The molecule has 0 bridgehead atoms. The van der Waals surface area contributed by atoms with Crippen LogP contribution in [0.15, 0.2) is 42.5 Å². The largest absolute Gasteiger partial charge is 0.508 e. The Hall–Kier alpha value is -2.54. The number of rotatable bonds is 2. The van der Waals surface area contributed by atoms with Crippen molar-refractivity contribution in [3.8, 4) is 23.3 Å². The summed E-state index contributed by atoms with van der Waals surface area (Å²) in [7, 11) is 0. The predicted octanol–water partition coefficient (Wildman–Crippen LogP) is 3.20. The summed E-state index contributed by atoms with van der Waals surface area (Å²) in [6.07, 6.45) is 0. The molecular formula is C13H8FNO2. The second kappa shape index (κ2) is 4.54. The molecule has 0 heterocycles. The average molecular weight is 229 g/mol. The van der Waals surface area contributed by atoms with Crippen LogP contribution in [0.25, 0.3) is 0 Å². The molecule has 17 heavy (non-hydrogen) atoms. The molecule has 1 N–H and O–H groups in total. The first-order valence-corrected chi connectivity index (χ1v) is 4.85. The minimum atomic E-state index is -0.496. The van der Waals surface area contributed by atoms with Crippen molar-refractivity contribution in [2.45, 2.75) is 0 Å². The molecule has 0 saturated heterocycles. The van der Waals surface area contributed by atoms with Gasteiger partial charge in [0.1, 0.15) is 29.1 Å². The number of aromatic hydroxyl groups is 1. The second-order valence-corrected chi connectivity index (χ2v) is 3.35. The molecule has 0 aliphatic carbocycles. The Bertz CT molecular complexity index is 590. The summed E-state index contributed by atoms with van der Waals surface area (Å²) >= 11 is 0. The molecule has 0 saturated carbocycles. The van der Waals surface area contributed by atoms with E-state index in [1.807, 2.05) is 6.07 Å². The van der Waals surface area contributed by atoms with Gasteiger partial charge in [0, 0.05) is 6.07 Å². The van der Waals surface area contributed by atoms with Crippen LogP contribution in [0.2, 0.25) is 0 Å². The fourth-order valence-electron chi connectivity index (χ4n) is 1.35. The van der Waals surface area contributed by atoms with Crippen LogP contribution in [0.1, 0.15) is 5.56 Å². The van der Waals surface area contributed by atoms with Crippen LogP contribution in [0.3, 0.4) is 0 Å². The van der Waals surface area contributed by atoms with E-state index in [0.717, 1.165) is 6.07 Å². The van der Waals surface area contributed by atoms with Crippen molar-refractivity contribution in [2.24, 2.45) is 0 Å². The van der Waals surface area contributed by atoms with Crippen molar-refractivity contribution >= 4 is 0 Å². The first kappa shape index (κ1) is 11.0. The number of ether oxygens (including phenoxy) is 1. The van der Waals surface area contributed by atoms with Gasteiger partial charge < -0.3 is 9.84 Å². The Morgan fingerprint density at radius 3 is 2.71 bits per heavy atom. The lowest BCUT2D eigenvalue weighted by Crippen LogP contribution is -1.89. The second-order valence-electron chi connectivity index (χ2n) is 3.35. The van der Waals surface area contributed by atoms with Gasteiger partial charge in [0.15, 0.2) is 0 Å². The minimum Gasteiger partial charge on any atom is -0.508 e. The quantitative estimate of drug-likeness (QED) is 0.860. The number of hydrogen-bond donors (Lipinski definition) is 1. The van der Waals surface area contributed by atoms with Crippen LogP contribution >= 0.6 is 0 Å². The first-order valence-electron chi connectivity index (χ1n) is 4.85. The van der Waals surface area contributed by atoms with Crippen LogP contribution in [0.5, 0.6) is 17.2 Å². The third kappa shape index (κ3) is 2.52. The lowest BCUT2D eigenvalue weighted by molar-refractivity contribution is 0.454. The lowest BCUT2D eigenvalue weighted by atomic mass is 10.2. The van der Waals surface area contributed by atoms with Crippen LogP contribution in [-0.4, -0.2) is 5.11 Å². The molecule has 2 aromatic carbocycles. The molecule has 0 aromatic heterocycles. The highest BCUT2D eigenvalue weighted by atomic mass is 19.1. The summed E-state index contributed by atoms with van der Waals surface area (Å²) in [5.41, 5.74) is 0.105. The van der Waals surface area contributed by atoms with Gasteiger partial charge in [-0.2, -0.15) is 5.26 Å². The van der Waals surface area contributed by atoms with Crippen LogP contribution in [-0.2, 0) is 0 Å². The Morgan fingerprint density at radius 1 is 1.18 bits per heavy atom. The van der Waals surface area contributed by atoms with Gasteiger partial charge in [0.25, 0.3) is 0 Å². The molecule has 3 nitrogen and oxygen atoms in total. The SMILES string of the molecule is N#Cc1cc(F)ccc1Oc1cccc(O)c1. The number of nitrogens with zero attached hydrogens (tertiary/aromatic N) is 1. The molecule has 4 heteroatoms. The highest BCUT2D eigenvalue weighted by Gasteiger charge is 2.06. The van der Waals surface area contributed by atoms with Crippen molar-refractivity contribution in [2.75, 3.05) is 0 Å². The number of benzene rings is 2. The number of phenols is 1. The zero-order chi connectivity index (χ0) is 12.3. The van der Waals surface area contributed by atoms with E-state index in [1.54, 1.807) is 12.1 Å². The molecule has 0 aliphatic heterocycles. The summed E-state index contributed by atoms with van der Waals surface area (Å²) in [6.45, 7) is 0. The van der Waals surface area contributed by atoms with Gasteiger partial charge in [-0.1, -0.05) is 6.07 Å². The van der Waals surface area contributed by atoms with E-state index >= 15 is 0 Å². The Morgan fingerprint density at radius 2 is 2.00 bits per heavy atom. The van der Waals surface area contributed by atoms with Crippen LogP contribution < -0.4 is 4.74 Å². The molecule has 0 atom stereocenters. The fraction of sp³-hybridized carbons (Fsp3) is 0. The predicted molar refractivity (Wildman–Crippen MR) is 59.3 cm³/mol. The van der Waals surface area contributed by atoms with Crippen LogP contribution in [0.4, 0.5) is 4.39 Å². The van der Waals surface area contributed by atoms with Crippen molar-refractivity contribution in [3.63, 3.8) is 0 Å². The number of nitriles is 1. The maximum Gasteiger partial charge on any atom is 0.145 e. The molecule has 0 aliphatic rings. The minimum absolute atomic E-state index is 0.0584. The molecule has 2 aromatic rings. The molecule has 0 unspecified atom stereocenters. The molecular weight excluding hydrogens is 221 g/mol. The normalized spacial score (nSPS) is 9.65. The van der Waals surface area contributed by atoms with Crippen molar-refractivity contribution in [3.05, 3.63) is 53.8 Å². The van der Waals surface area contributed by atoms with E-state index < -0.39 is 5.82 Å². The van der Waals surface area contributed by atoms with E-state index in [1.165, 1.54) is 24.3 Å². The highest BCUT2D eigenvalue weighted by Crippen LogP contribution is 2.27. The van der Waals surface area contributed by atoms with Crippen molar-refractivity contribution in [1.29, 1.82) is 5.26 Å². The van der Waals surface area contributed by atoms with Gasteiger partial charge in [-0.3, -0.25) is 0 Å². The highest BCUT2D eigenvalue weighted by molar-refractivity contribution is 5.46. The van der Waals surface area contributed by atoms with Gasteiger partial charge in [0.2, 0.25) is 0 Å². The standard InChI is InChI=1S/C13H8FNO2/c14-10-4-5-13(9(6-10)8-15)17-12-3-1-2-11(16)7-12/h1-7,16H. The lowest BCUT2D eigenvalue weighted by Gasteiger charge is -2.07. The maximum absolute atomic E-state index is 12.9. The summed E-state index contributed by atoms with van der Waals surface area (Å²) in [5.74, 6) is 0.195. The molecule has 0 radical (unpaired) electrons. The van der Waals surface area contributed by atoms with Gasteiger partial charge in [-0.25, -0.2) is 4.39 Å². The number of hydrogen-bond acceptors (Lipinski definition) is 3. The first-order chi connectivity index (χ1) is 8.19. The van der Waals surface area contributed by atoms with E-state index in [9.17, 15) is 9.50 Å². The van der Waals surface area contributed by atoms with E-state index in [0.29, 0.717) is 5.75 Å². The van der Waals surface area contributed by atoms with Crippen LogP contribution in [0, 0.1) is 17.1 Å². The van der Waals surface area contributed by atoms with E-state index in [-0.39, 0.29) is 17.1 Å². The fourth-order valence-corrected chi connectivity index (χ4v) is 1.35. The molecule has 2 rings (SSSR count). The molecule has 84 valence electrons. The molecule has 0 fully saturated rings. The van der Waals surface area contributed by atoms with Gasteiger partial charge in [-0.05, 0) is 30.3 Å². The third-order valence-electron chi connectivity index (χ3n) is 2.11. The van der Waals surface area contributed by atoms with Gasteiger partial charge in [0.05, 0.1) is 5.56 Å². The van der Waals surface area contributed by atoms with Crippen molar-refractivity contribution in [1.82, 2.24) is 0 Å².